The summed E-state index contributed by atoms with van der Waals surface area (Å²) in [5, 5.41) is 24.3. The Bertz CT molecular complexity index is 1760. The van der Waals surface area contributed by atoms with Gasteiger partial charge >= 0.3 is 0 Å². The predicted molar refractivity (Wildman–Crippen MR) is 159 cm³/mol. The molecule has 0 bridgehead atoms. The minimum atomic E-state index is -0.128. The lowest BCUT2D eigenvalue weighted by Crippen LogP contribution is -2.18. The lowest BCUT2D eigenvalue weighted by Gasteiger charge is -2.07. The summed E-state index contributed by atoms with van der Waals surface area (Å²) in [6.45, 7) is 0. The molecule has 0 aliphatic carbocycles. The van der Waals surface area contributed by atoms with E-state index >= 15 is 0 Å². The molecule has 0 radical (unpaired) electrons. The highest BCUT2D eigenvalue weighted by atomic mass is 32.2. The standard InChI is InChI=1S/C30H24N6O2S2/c1-31-27(37)21-7-3-5-9-25(21)39-29-19-13-11-17(15-23(19)33-35-29)18-12-14-20-24(16-18)34-36-30(20)40-26-10-6-4-8-22(26)28(38)32-2/h3-16H,1-2H3,(H,31,37)(H,32,38)(H,33,35)(H,34,36). The number of nitrogens with zero attached hydrogens (tertiary/aromatic N) is 2. The van der Waals surface area contributed by atoms with Gasteiger partial charge in [-0.25, -0.2) is 0 Å². The Morgan fingerprint density at radius 1 is 0.625 bits per heavy atom. The molecule has 6 aromatic rings. The summed E-state index contributed by atoms with van der Waals surface area (Å²) in [5.41, 5.74) is 5.12. The van der Waals surface area contributed by atoms with Crippen molar-refractivity contribution >= 4 is 57.1 Å². The summed E-state index contributed by atoms with van der Waals surface area (Å²) < 4.78 is 0. The third-order valence-corrected chi connectivity index (χ3v) is 8.68. The monoisotopic (exact) mass is 564 g/mol. The van der Waals surface area contributed by atoms with Gasteiger partial charge < -0.3 is 10.6 Å². The first-order valence-corrected chi connectivity index (χ1v) is 14.1. The number of rotatable bonds is 7. The van der Waals surface area contributed by atoms with Crippen LogP contribution in [0.15, 0.2) is 105 Å². The first-order valence-electron chi connectivity index (χ1n) is 12.5. The molecule has 40 heavy (non-hydrogen) atoms. The van der Waals surface area contributed by atoms with Gasteiger partial charge in [-0.3, -0.25) is 19.8 Å². The van der Waals surface area contributed by atoms with Gasteiger partial charge in [-0.1, -0.05) is 59.9 Å². The SMILES string of the molecule is CNC(=O)c1ccccc1Sc1n[nH]c2cc(-c3ccc4c(Sc5ccccc5C(=O)NC)n[nH]c4c3)ccc12. The van der Waals surface area contributed by atoms with Crippen molar-refractivity contribution in [3.05, 3.63) is 96.1 Å². The van der Waals surface area contributed by atoms with Gasteiger partial charge in [0.2, 0.25) is 0 Å². The maximum Gasteiger partial charge on any atom is 0.252 e. The molecule has 0 atom stereocenters. The van der Waals surface area contributed by atoms with E-state index in [2.05, 4.69) is 55.3 Å². The van der Waals surface area contributed by atoms with E-state index in [0.717, 1.165) is 52.8 Å². The second-order valence-corrected chi connectivity index (χ2v) is 11.0. The molecule has 2 aromatic heterocycles. The Morgan fingerprint density at radius 2 is 1.05 bits per heavy atom. The number of aromatic amines is 2. The first kappa shape index (κ1) is 25.7. The molecule has 0 unspecified atom stereocenters. The van der Waals surface area contributed by atoms with Gasteiger partial charge in [-0.05, 0) is 59.7 Å². The topological polar surface area (TPSA) is 116 Å². The van der Waals surface area contributed by atoms with Crippen LogP contribution in [-0.4, -0.2) is 46.3 Å². The fraction of sp³-hybridized carbons (Fsp3) is 0.0667. The molecule has 10 heteroatoms. The minimum Gasteiger partial charge on any atom is -0.355 e. The third-order valence-electron chi connectivity index (χ3n) is 6.52. The molecule has 0 aliphatic rings. The molecule has 8 nitrogen and oxygen atoms in total. The molecule has 198 valence electrons. The molecular formula is C30H24N6O2S2. The summed E-state index contributed by atoms with van der Waals surface area (Å²) in [4.78, 5) is 26.3. The smallest absolute Gasteiger partial charge is 0.252 e. The van der Waals surface area contributed by atoms with E-state index in [1.807, 2.05) is 60.7 Å². The van der Waals surface area contributed by atoms with Gasteiger partial charge in [0.1, 0.15) is 10.1 Å². The average molecular weight is 565 g/mol. The average Bonchev–Trinajstić information content (AvgIpc) is 3.60. The highest BCUT2D eigenvalue weighted by Crippen LogP contribution is 2.37. The van der Waals surface area contributed by atoms with Crippen molar-refractivity contribution in [3.8, 4) is 11.1 Å². The van der Waals surface area contributed by atoms with Crippen LogP contribution in [0.25, 0.3) is 32.9 Å². The second-order valence-electron chi connectivity index (χ2n) is 8.93. The summed E-state index contributed by atoms with van der Waals surface area (Å²) in [5.74, 6) is -0.256. The molecule has 0 fully saturated rings. The highest BCUT2D eigenvalue weighted by Gasteiger charge is 2.16. The molecule has 4 N–H and O–H groups in total. The number of benzene rings is 4. The van der Waals surface area contributed by atoms with Crippen LogP contribution in [0.4, 0.5) is 0 Å². The van der Waals surface area contributed by atoms with E-state index in [-0.39, 0.29) is 11.8 Å². The van der Waals surface area contributed by atoms with E-state index in [0.29, 0.717) is 11.1 Å². The van der Waals surface area contributed by atoms with Crippen LogP contribution >= 0.6 is 23.5 Å². The lowest BCUT2D eigenvalue weighted by atomic mass is 10.0. The minimum absolute atomic E-state index is 0.128. The third kappa shape index (κ3) is 4.83. The zero-order valence-corrected chi connectivity index (χ0v) is 23.2. The zero-order valence-electron chi connectivity index (χ0n) is 21.6. The Balaban J connectivity index is 1.28. The van der Waals surface area contributed by atoms with E-state index in [4.69, 9.17) is 0 Å². The molecule has 0 aliphatic heterocycles. The number of fused-ring (bicyclic) bond motifs is 2. The number of nitrogens with one attached hydrogen (secondary N) is 4. The number of hydrogen-bond acceptors (Lipinski definition) is 6. The molecule has 0 saturated carbocycles. The summed E-state index contributed by atoms with van der Waals surface area (Å²) in [6, 6.07) is 27.4. The van der Waals surface area contributed by atoms with Crippen LogP contribution in [0.1, 0.15) is 20.7 Å². The maximum absolute atomic E-state index is 12.3. The van der Waals surface area contributed by atoms with Gasteiger partial charge in [0, 0.05) is 34.7 Å². The largest absolute Gasteiger partial charge is 0.355 e. The van der Waals surface area contributed by atoms with Crippen LogP contribution in [-0.2, 0) is 0 Å². The fourth-order valence-corrected chi connectivity index (χ4v) is 6.48. The maximum atomic E-state index is 12.3. The Labute approximate surface area is 238 Å². The zero-order chi connectivity index (χ0) is 27.6. The van der Waals surface area contributed by atoms with Crippen molar-refractivity contribution in [1.82, 2.24) is 31.0 Å². The molecule has 0 spiro atoms. The second kappa shape index (κ2) is 10.9. The van der Waals surface area contributed by atoms with Crippen LogP contribution < -0.4 is 10.6 Å². The Hall–Kier alpha value is -4.54. The molecule has 2 heterocycles. The van der Waals surface area contributed by atoms with Gasteiger partial charge in [0.05, 0.1) is 22.2 Å². The van der Waals surface area contributed by atoms with Crippen molar-refractivity contribution in [2.24, 2.45) is 0 Å². The number of amides is 2. The van der Waals surface area contributed by atoms with Gasteiger partial charge in [0.25, 0.3) is 11.8 Å². The molecule has 4 aromatic carbocycles. The number of H-pyrrole nitrogens is 2. The van der Waals surface area contributed by atoms with Crippen LogP contribution in [0.2, 0.25) is 0 Å². The molecule has 0 saturated heterocycles. The highest BCUT2D eigenvalue weighted by molar-refractivity contribution is 7.99. The first-order chi connectivity index (χ1) is 19.6. The van der Waals surface area contributed by atoms with E-state index in [1.165, 1.54) is 23.5 Å². The molecule has 2 amide bonds. The van der Waals surface area contributed by atoms with Crippen molar-refractivity contribution in [3.63, 3.8) is 0 Å². The number of aromatic nitrogens is 4. The van der Waals surface area contributed by atoms with Gasteiger partial charge in [-0.2, -0.15) is 10.2 Å². The van der Waals surface area contributed by atoms with E-state index in [1.54, 1.807) is 14.1 Å². The predicted octanol–water partition coefficient (Wildman–Crippen LogP) is 6.13. The number of carbonyl (C=O) groups is 2. The summed E-state index contributed by atoms with van der Waals surface area (Å²) in [6.07, 6.45) is 0. The quantitative estimate of drug-likeness (QED) is 0.185. The molecular weight excluding hydrogens is 541 g/mol. The van der Waals surface area contributed by atoms with Gasteiger partial charge in [0.15, 0.2) is 0 Å². The normalized spacial score (nSPS) is 11.2. The van der Waals surface area contributed by atoms with Crippen LogP contribution in [0, 0.1) is 0 Å². The Morgan fingerprint density at radius 3 is 1.48 bits per heavy atom. The van der Waals surface area contributed by atoms with E-state index in [9.17, 15) is 9.59 Å². The summed E-state index contributed by atoms with van der Waals surface area (Å²) >= 11 is 2.92. The van der Waals surface area contributed by atoms with Crippen molar-refractivity contribution in [1.29, 1.82) is 0 Å². The van der Waals surface area contributed by atoms with Crippen molar-refractivity contribution in [2.75, 3.05) is 14.1 Å². The van der Waals surface area contributed by atoms with Gasteiger partial charge in [-0.15, -0.1) is 0 Å². The lowest BCUT2D eigenvalue weighted by molar-refractivity contribution is 0.0952. The fourth-order valence-electron chi connectivity index (χ4n) is 4.47. The Kier molecular flexibility index (Phi) is 7.02. The van der Waals surface area contributed by atoms with Crippen LogP contribution in [0.3, 0.4) is 0 Å². The summed E-state index contributed by atoms with van der Waals surface area (Å²) in [7, 11) is 3.25. The van der Waals surface area contributed by atoms with Crippen molar-refractivity contribution in [2.45, 2.75) is 19.8 Å². The number of carbonyl (C=O) groups excluding carboxylic acids is 2. The van der Waals surface area contributed by atoms with E-state index < -0.39 is 0 Å². The van der Waals surface area contributed by atoms with Crippen molar-refractivity contribution < 1.29 is 9.59 Å². The van der Waals surface area contributed by atoms with Crippen LogP contribution in [0.5, 0.6) is 0 Å². The number of hydrogen-bond donors (Lipinski definition) is 4. The molecule has 6 rings (SSSR count).